The molecule has 0 aliphatic carbocycles. The van der Waals surface area contributed by atoms with Gasteiger partial charge in [-0.1, -0.05) is 31.9 Å². The maximum Gasteiger partial charge on any atom is 0.119 e. The van der Waals surface area contributed by atoms with E-state index in [1.165, 1.54) is 10.5 Å². The summed E-state index contributed by atoms with van der Waals surface area (Å²) >= 11 is 0. The lowest BCUT2D eigenvalue weighted by Crippen LogP contribution is -2.53. The molecule has 0 saturated carbocycles. The van der Waals surface area contributed by atoms with Gasteiger partial charge in [-0.25, -0.2) is 0 Å². The van der Waals surface area contributed by atoms with Gasteiger partial charge >= 0.3 is 0 Å². The van der Waals surface area contributed by atoms with Crippen molar-refractivity contribution in [1.29, 1.82) is 0 Å². The van der Waals surface area contributed by atoms with Crippen LogP contribution in [0.15, 0.2) is 24.3 Å². The van der Waals surface area contributed by atoms with Crippen molar-refractivity contribution < 1.29 is 55.8 Å². The third-order valence-electron chi connectivity index (χ3n) is 6.51. The van der Waals surface area contributed by atoms with Gasteiger partial charge in [0.25, 0.3) is 0 Å². The summed E-state index contributed by atoms with van der Waals surface area (Å²) in [4.78, 5) is 1.50. The van der Waals surface area contributed by atoms with Crippen LogP contribution in [0.4, 0.5) is 0 Å². The zero-order chi connectivity index (χ0) is 28.7. The van der Waals surface area contributed by atoms with Crippen LogP contribution in [0.1, 0.15) is 38.2 Å². The average molecular weight is 550 g/mol. The van der Waals surface area contributed by atoms with Gasteiger partial charge in [0.1, 0.15) is 42.4 Å². The molecule has 0 spiro atoms. The van der Waals surface area contributed by atoms with E-state index >= 15 is 0 Å². The molecule has 0 aliphatic rings. The van der Waals surface area contributed by atoms with Crippen LogP contribution in [-0.2, 0) is 6.42 Å². The molecule has 12 heteroatoms. The third-order valence-corrected chi connectivity index (χ3v) is 6.51. The minimum atomic E-state index is -1.81. The molecule has 12 nitrogen and oxygen atoms in total. The Kier molecular flexibility index (Phi) is 17.1. The predicted molar refractivity (Wildman–Crippen MR) is 138 cm³/mol. The van der Waals surface area contributed by atoms with Gasteiger partial charge in [0.05, 0.1) is 32.0 Å². The molecule has 8 atom stereocenters. The Morgan fingerprint density at radius 3 is 1.53 bits per heavy atom. The first-order chi connectivity index (χ1) is 18.0. The van der Waals surface area contributed by atoms with E-state index in [1.807, 2.05) is 24.3 Å². The number of unbranched alkanes of at least 4 members (excludes halogenated alkanes) is 3. The van der Waals surface area contributed by atoms with E-state index < -0.39 is 62.0 Å². The maximum atomic E-state index is 10.4. The molecule has 0 heterocycles. The van der Waals surface area contributed by atoms with E-state index in [0.717, 1.165) is 31.4 Å². The Balaban J connectivity index is 2.60. The number of ether oxygens (including phenoxy) is 1. The highest BCUT2D eigenvalue weighted by Gasteiger charge is 2.34. The van der Waals surface area contributed by atoms with Crippen molar-refractivity contribution in [2.24, 2.45) is 0 Å². The molecule has 0 bridgehead atoms. The molecular weight excluding hydrogens is 502 g/mol. The third kappa shape index (κ3) is 12.2. The zero-order valence-electron chi connectivity index (χ0n) is 22.0. The van der Waals surface area contributed by atoms with Gasteiger partial charge in [-0.2, -0.15) is 0 Å². The summed E-state index contributed by atoms with van der Waals surface area (Å²) in [6.07, 6.45) is -9.73. The predicted octanol–water partition coefficient (Wildman–Crippen LogP) is -2.64. The van der Waals surface area contributed by atoms with Crippen LogP contribution in [-0.4, -0.2) is 144 Å². The first kappa shape index (κ1) is 34.6. The van der Waals surface area contributed by atoms with Crippen molar-refractivity contribution in [1.82, 2.24) is 4.90 Å². The number of aliphatic hydroxyl groups is 10. The first-order valence-corrected chi connectivity index (χ1v) is 13.2. The summed E-state index contributed by atoms with van der Waals surface area (Å²) in [7, 11) is 0. The van der Waals surface area contributed by atoms with Gasteiger partial charge < -0.3 is 55.8 Å². The van der Waals surface area contributed by atoms with Crippen LogP contribution in [0.2, 0.25) is 0 Å². The van der Waals surface area contributed by atoms with Crippen LogP contribution in [0, 0.1) is 0 Å². The second-order valence-corrected chi connectivity index (χ2v) is 9.62. The summed E-state index contributed by atoms with van der Waals surface area (Å²) < 4.78 is 5.74. The van der Waals surface area contributed by atoms with E-state index in [9.17, 15) is 40.9 Å². The molecule has 0 aromatic heterocycles. The first-order valence-electron chi connectivity index (χ1n) is 13.2. The van der Waals surface area contributed by atoms with Crippen molar-refractivity contribution >= 4 is 0 Å². The minimum Gasteiger partial charge on any atom is -0.494 e. The summed E-state index contributed by atoms with van der Waals surface area (Å²) in [6.45, 7) is 0.756. The Bertz CT molecular complexity index is 696. The standard InChI is InChI=1S/C26H47NO11/c1-2-17-7-9-18(10-8-17)38-12-6-4-3-5-11-27(13-19(30)23(34)25(36)21(32)15-28)14-20(31)24(35)26(37)22(33)16-29/h7-10,19-26,28-37H,2-6,11-16H2,1H3/t19-,20-,21+,22+,23+,24+,25+,26+/m0/s1. The van der Waals surface area contributed by atoms with Crippen LogP contribution >= 0.6 is 0 Å². The van der Waals surface area contributed by atoms with Crippen molar-refractivity contribution in [3.63, 3.8) is 0 Å². The summed E-state index contributed by atoms with van der Waals surface area (Å²) in [5, 5.41) is 97.8. The molecule has 1 aromatic rings. The number of hydrogen-bond acceptors (Lipinski definition) is 12. The van der Waals surface area contributed by atoms with Crippen LogP contribution in [0.5, 0.6) is 5.75 Å². The van der Waals surface area contributed by atoms with Gasteiger partial charge in [0.15, 0.2) is 0 Å². The van der Waals surface area contributed by atoms with Crippen molar-refractivity contribution in [3.8, 4) is 5.75 Å². The highest BCUT2D eigenvalue weighted by molar-refractivity contribution is 5.27. The largest absolute Gasteiger partial charge is 0.494 e. The number of hydrogen-bond donors (Lipinski definition) is 10. The number of rotatable bonds is 21. The topological polar surface area (TPSA) is 215 Å². The Morgan fingerprint density at radius 2 is 1.08 bits per heavy atom. The summed E-state index contributed by atoms with van der Waals surface area (Å²) in [5.41, 5.74) is 1.23. The molecular formula is C26H47NO11. The van der Waals surface area contributed by atoms with Crippen molar-refractivity contribution in [2.75, 3.05) is 39.5 Å². The number of nitrogens with zero attached hydrogens (tertiary/aromatic N) is 1. The van der Waals surface area contributed by atoms with Crippen molar-refractivity contribution in [2.45, 2.75) is 87.9 Å². The second-order valence-electron chi connectivity index (χ2n) is 9.62. The van der Waals surface area contributed by atoms with Crippen molar-refractivity contribution in [3.05, 3.63) is 29.8 Å². The van der Waals surface area contributed by atoms with Gasteiger partial charge in [-0.15, -0.1) is 0 Å². The van der Waals surface area contributed by atoms with E-state index in [2.05, 4.69) is 6.92 Å². The smallest absolute Gasteiger partial charge is 0.119 e. The number of benzene rings is 1. The van der Waals surface area contributed by atoms with Crippen LogP contribution < -0.4 is 4.74 Å². The second kappa shape index (κ2) is 18.8. The fourth-order valence-electron chi connectivity index (χ4n) is 3.93. The van der Waals surface area contributed by atoms with E-state index in [4.69, 9.17) is 14.9 Å². The average Bonchev–Trinajstić information content (AvgIpc) is 2.93. The number of aliphatic hydroxyl groups excluding tert-OH is 10. The fraction of sp³-hybridized carbons (Fsp3) is 0.769. The van der Waals surface area contributed by atoms with Gasteiger partial charge in [-0.05, 0) is 43.5 Å². The molecule has 0 radical (unpaired) electrons. The van der Waals surface area contributed by atoms with E-state index in [0.29, 0.717) is 19.6 Å². The Hall–Kier alpha value is -1.42. The molecule has 0 saturated heterocycles. The van der Waals surface area contributed by atoms with E-state index in [-0.39, 0.29) is 13.1 Å². The fourth-order valence-corrected chi connectivity index (χ4v) is 3.93. The Morgan fingerprint density at radius 1 is 0.632 bits per heavy atom. The lowest BCUT2D eigenvalue weighted by molar-refractivity contribution is -0.130. The molecule has 222 valence electrons. The van der Waals surface area contributed by atoms with Gasteiger partial charge in [0, 0.05) is 13.1 Å². The highest BCUT2D eigenvalue weighted by atomic mass is 16.5. The molecule has 10 N–H and O–H groups in total. The SMILES string of the molecule is CCc1ccc(OCCCCCCN(C[C@H](O)[C@@H](O)[C@H](O)[C@H](O)CO)C[C@H](O)[C@@H](O)[C@H](O)[C@H](O)CO)cc1. The highest BCUT2D eigenvalue weighted by Crippen LogP contribution is 2.15. The lowest BCUT2D eigenvalue weighted by atomic mass is 10.0. The molecule has 1 rings (SSSR count). The molecule has 0 amide bonds. The monoisotopic (exact) mass is 549 g/mol. The molecule has 1 aromatic carbocycles. The summed E-state index contributed by atoms with van der Waals surface area (Å²) in [6, 6.07) is 7.91. The van der Waals surface area contributed by atoms with Gasteiger partial charge in [-0.3, -0.25) is 4.90 Å². The van der Waals surface area contributed by atoms with E-state index in [1.54, 1.807) is 0 Å². The molecule has 0 fully saturated rings. The molecule has 0 unspecified atom stereocenters. The van der Waals surface area contributed by atoms with Gasteiger partial charge in [0.2, 0.25) is 0 Å². The van der Waals surface area contributed by atoms with Crippen LogP contribution in [0.25, 0.3) is 0 Å². The quantitative estimate of drug-likeness (QED) is 0.0713. The Labute approximate surface area is 224 Å². The molecule has 38 heavy (non-hydrogen) atoms. The molecule has 0 aliphatic heterocycles. The maximum absolute atomic E-state index is 10.4. The minimum absolute atomic E-state index is 0.268. The van der Waals surface area contributed by atoms with Crippen LogP contribution in [0.3, 0.4) is 0 Å². The lowest BCUT2D eigenvalue weighted by Gasteiger charge is -2.33. The normalized spacial score (nSPS) is 18.4. The number of aryl methyl sites for hydroxylation is 1. The summed E-state index contributed by atoms with van der Waals surface area (Å²) in [5.74, 6) is 0.801. The zero-order valence-corrected chi connectivity index (χ0v) is 22.0.